The maximum atomic E-state index is 13.2. The molecule has 1 amide bonds. The van der Waals surface area contributed by atoms with Crippen molar-refractivity contribution in [3.8, 4) is 0 Å². The first kappa shape index (κ1) is 17.2. The van der Waals surface area contributed by atoms with Gasteiger partial charge in [0.2, 0.25) is 5.91 Å². The van der Waals surface area contributed by atoms with E-state index in [2.05, 4.69) is 10.3 Å². The first-order chi connectivity index (χ1) is 12.0. The summed E-state index contributed by atoms with van der Waals surface area (Å²) in [6.45, 7) is 0. The minimum absolute atomic E-state index is 0.181. The average molecular weight is 360 g/mol. The van der Waals surface area contributed by atoms with Gasteiger partial charge in [0.1, 0.15) is 11.6 Å². The Hall–Kier alpha value is -2.67. The molecule has 0 spiro atoms. The lowest BCUT2D eigenvalue weighted by molar-refractivity contribution is -0.113. The molecule has 3 rings (SSSR count). The van der Waals surface area contributed by atoms with Crippen LogP contribution in [0.15, 0.2) is 53.3 Å². The van der Waals surface area contributed by atoms with Crippen molar-refractivity contribution < 1.29 is 13.6 Å². The molecule has 2 N–H and O–H groups in total. The third-order valence-electron chi connectivity index (χ3n) is 3.47. The molecule has 128 valence electrons. The fourth-order valence-corrected chi connectivity index (χ4v) is 3.07. The van der Waals surface area contributed by atoms with Crippen LogP contribution in [0.2, 0.25) is 0 Å². The maximum absolute atomic E-state index is 13.2. The second-order valence-corrected chi connectivity index (χ2v) is 6.38. The number of carbonyl (C=O) groups is 1. The number of rotatable bonds is 5. The van der Waals surface area contributed by atoms with Crippen LogP contribution < -0.4 is 10.7 Å². The summed E-state index contributed by atoms with van der Waals surface area (Å²) in [5.41, 5.74) is 1.47. The first-order valence-corrected chi connectivity index (χ1v) is 8.61. The monoisotopic (exact) mass is 360 g/mol. The molecule has 25 heavy (non-hydrogen) atoms. The highest BCUT2D eigenvalue weighted by Gasteiger charge is 2.06. The Morgan fingerprint density at radius 2 is 1.76 bits per heavy atom. The van der Waals surface area contributed by atoms with E-state index in [1.54, 1.807) is 0 Å². The number of hydrogen-bond acceptors (Lipinski definition) is 3. The molecule has 0 unspecified atom stereocenters. The van der Waals surface area contributed by atoms with Gasteiger partial charge in [0.15, 0.2) is 5.43 Å². The van der Waals surface area contributed by atoms with Gasteiger partial charge in [0.25, 0.3) is 0 Å². The summed E-state index contributed by atoms with van der Waals surface area (Å²) in [6.07, 6.45) is 0. The van der Waals surface area contributed by atoms with Gasteiger partial charge in [0, 0.05) is 34.1 Å². The number of carbonyl (C=O) groups excluding carboxylic acids is 1. The van der Waals surface area contributed by atoms with E-state index in [9.17, 15) is 18.4 Å². The predicted molar refractivity (Wildman–Crippen MR) is 95.7 cm³/mol. The summed E-state index contributed by atoms with van der Waals surface area (Å²) >= 11 is 1.33. The molecule has 0 aliphatic rings. The van der Waals surface area contributed by atoms with Crippen LogP contribution in [0.1, 0.15) is 5.69 Å². The molecular weight excluding hydrogens is 346 g/mol. The number of anilines is 1. The van der Waals surface area contributed by atoms with Crippen molar-refractivity contribution in [2.75, 3.05) is 11.1 Å². The minimum Gasteiger partial charge on any atom is -0.357 e. The molecule has 0 saturated carbocycles. The number of hydrogen-bond donors (Lipinski definition) is 2. The second-order valence-electron chi connectivity index (χ2n) is 5.40. The molecule has 0 aliphatic carbocycles. The lowest BCUT2D eigenvalue weighted by Gasteiger charge is -2.06. The molecule has 3 aromatic rings. The van der Waals surface area contributed by atoms with Crippen molar-refractivity contribution in [3.05, 3.63) is 76.1 Å². The van der Waals surface area contributed by atoms with Crippen molar-refractivity contribution in [3.63, 3.8) is 0 Å². The van der Waals surface area contributed by atoms with Crippen LogP contribution in [-0.4, -0.2) is 16.6 Å². The van der Waals surface area contributed by atoms with Gasteiger partial charge in [-0.15, -0.1) is 11.8 Å². The number of fused-ring (bicyclic) bond motifs is 1. The highest BCUT2D eigenvalue weighted by atomic mass is 32.2. The smallest absolute Gasteiger partial charge is 0.234 e. The lowest BCUT2D eigenvalue weighted by atomic mass is 10.2. The molecular formula is C18H14F2N2O2S. The van der Waals surface area contributed by atoms with E-state index in [1.165, 1.54) is 60.3 Å². The Labute approximate surface area is 146 Å². The molecule has 0 radical (unpaired) electrons. The number of H-pyrrole nitrogens is 1. The van der Waals surface area contributed by atoms with E-state index in [-0.39, 0.29) is 22.9 Å². The van der Waals surface area contributed by atoms with Gasteiger partial charge in [-0.2, -0.15) is 0 Å². The fourth-order valence-electron chi connectivity index (χ4n) is 2.34. The van der Waals surface area contributed by atoms with Crippen LogP contribution in [0.25, 0.3) is 10.9 Å². The van der Waals surface area contributed by atoms with Crippen molar-refractivity contribution in [2.45, 2.75) is 5.75 Å². The first-order valence-electron chi connectivity index (χ1n) is 7.46. The number of aromatic nitrogens is 1. The third kappa shape index (κ3) is 4.45. The standard InChI is InChI=1S/C18H14F2N2O2S/c19-11-1-4-13(5-2-11)22-18(24)10-25-9-14-8-17(23)15-7-12(20)3-6-16(15)21-14/h1-8H,9-10H2,(H,21,23)(H,22,24). The molecule has 7 heteroatoms. The number of pyridine rings is 1. The average Bonchev–Trinajstić information content (AvgIpc) is 2.58. The highest BCUT2D eigenvalue weighted by Crippen LogP contribution is 2.15. The second kappa shape index (κ2) is 7.48. The summed E-state index contributed by atoms with van der Waals surface area (Å²) < 4.78 is 26.0. The Morgan fingerprint density at radius 1 is 1.04 bits per heavy atom. The number of benzene rings is 2. The van der Waals surface area contributed by atoms with Crippen LogP contribution in [0, 0.1) is 11.6 Å². The van der Waals surface area contributed by atoms with E-state index in [1.807, 2.05) is 0 Å². The largest absolute Gasteiger partial charge is 0.357 e. The van der Waals surface area contributed by atoms with Gasteiger partial charge in [-0.3, -0.25) is 9.59 Å². The van der Waals surface area contributed by atoms with Gasteiger partial charge >= 0.3 is 0 Å². The SMILES string of the molecule is O=C(CSCc1cc(=O)c2cc(F)ccc2[nH]1)Nc1ccc(F)cc1. The number of thioether (sulfide) groups is 1. The summed E-state index contributed by atoms with van der Waals surface area (Å²) in [6, 6.07) is 10.9. The van der Waals surface area contributed by atoms with Crippen LogP contribution in [0.3, 0.4) is 0 Å². The van der Waals surface area contributed by atoms with E-state index >= 15 is 0 Å². The van der Waals surface area contributed by atoms with Crippen molar-refractivity contribution in [1.82, 2.24) is 4.98 Å². The molecule has 0 bridgehead atoms. The quantitative estimate of drug-likeness (QED) is 0.730. The van der Waals surface area contributed by atoms with E-state index in [0.29, 0.717) is 28.0 Å². The molecule has 0 atom stereocenters. The number of halogens is 2. The fraction of sp³-hybridized carbons (Fsp3) is 0.111. The van der Waals surface area contributed by atoms with Crippen molar-refractivity contribution >= 4 is 34.3 Å². The minimum atomic E-state index is -0.461. The zero-order valence-corrected chi connectivity index (χ0v) is 13.8. The maximum Gasteiger partial charge on any atom is 0.234 e. The van der Waals surface area contributed by atoms with E-state index < -0.39 is 5.82 Å². The number of amides is 1. The molecule has 0 fully saturated rings. The number of nitrogens with one attached hydrogen (secondary N) is 2. The predicted octanol–water partition coefficient (Wildman–Crippen LogP) is 3.68. The molecule has 1 aromatic heterocycles. The molecule has 0 saturated heterocycles. The Morgan fingerprint density at radius 3 is 2.52 bits per heavy atom. The third-order valence-corrected chi connectivity index (χ3v) is 4.45. The van der Waals surface area contributed by atoms with Crippen LogP contribution >= 0.6 is 11.8 Å². The highest BCUT2D eigenvalue weighted by molar-refractivity contribution is 7.99. The van der Waals surface area contributed by atoms with Crippen molar-refractivity contribution in [2.24, 2.45) is 0 Å². The van der Waals surface area contributed by atoms with Gasteiger partial charge in [-0.25, -0.2) is 8.78 Å². The topological polar surface area (TPSA) is 62.0 Å². The Kier molecular flexibility index (Phi) is 5.14. The number of aromatic amines is 1. The van der Waals surface area contributed by atoms with Gasteiger partial charge in [-0.1, -0.05) is 0 Å². The van der Waals surface area contributed by atoms with Crippen LogP contribution in [0.5, 0.6) is 0 Å². The van der Waals surface area contributed by atoms with Crippen LogP contribution in [0.4, 0.5) is 14.5 Å². The summed E-state index contributed by atoms with van der Waals surface area (Å²) in [5, 5.41) is 2.96. The van der Waals surface area contributed by atoms with Crippen molar-refractivity contribution in [1.29, 1.82) is 0 Å². The van der Waals surface area contributed by atoms with E-state index in [0.717, 1.165) is 0 Å². The molecule has 0 aliphatic heterocycles. The molecule has 1 heterocycles. The lowest BCUT2D eigenvalue weighted by Crippen LogP contribution is -2.14. The zero-order valence-electron chi connectivity index (χ0n) is 13.0. The summed E-state index contributed by atoms with van der Waals surface area (Å²) in [5.74, 6) is -0.438. The van der Waals surface area contributed by atoms with E-state index in [4.69, 9.17) is 0 Å². The summed E-state index contributed by atoms with van der Waals surface area (Å²) in [7, 11) is 0. The normalized spacial score (nSPS) is 10.8. The zero-order chi connectivity index (χ0) is 17.8. The Bertz CT molecular complexity index is 971. The van der Waals surface area contributed by atoms with Gasteiger partial charge in [0.05, 0.1) is 5.75 Å². The summed E-state index contributed by atoms with van der Waals surface area (Å²) in [4.78, 5) is 26.9. The Balaban J connectivity index is 1.59. The van der Waals surface area contributed by atoms with Gasteiger partial charge < -0.3 is 10.3 Å². The molecule has 4 nitrogen and oxygen atoms in total. The van der Waals surface area contributed by atoms with Gasteiger partial charge in [-0.05, 0) is 42.5 Å². The molecule has 2 aromatic carbocycles. The van der Waals surface area contributed by atoms with Crippen LogP contribution in [-0.2, 0) is 10.5 Å².